The Morgan fingerprint density at radius 3 is 2.81 bits per heavy atom. The molecule has 1 amide bonds. The van der Waals surface area contributed by atoms with E-state index in [4.69, 9.17) is 4.98 Å². The minimum atomic E-state index is -0.108. The third-order valence-electron chi connectivity index (χ3n) is 5.92. The fourth-order valence-electron chi connectivity index (χ4n) is 4.29. The molecule has 11 nitrogen and oxygen atoms in total. The number of aromatic nitrogens is 8. The van der Waals surface area contributed by atoms with Crippen molar-refractivity contribution in [2.24, 2.45) is 0 Å². The summed E-state index contributed by atoms with van der Waals surface area (Å²) >= 11 is 0. The van der Waals surface area contributed by atoms with Gasteiger partial charge in [-0.2, -0.15) is 5.10 Å². The number of H-pyrrole nitrogens is 2. The number of aryl methyl sites for hydroxylation is 1. The normalized spacial score (nSPS) is 11.6. The van der Waals surface area contributed by atoms with E-state index in [1.54, 1.807) is 24.9 Å². The van der Waals surface area contributed by atoms with Crippen LogP contribution in [0.5, 0.6) is 0 Å². The molecule has 0 radical (unpaired) electrons. The number of anilines is 1. The largest absolute Gasteiger partial charge is 0.353 e. The van der Waals surface area contributed by atoms with Crippen molar-refractivity contribution in [2.45, 2.75) is 6.92 Å². The molecule has 0 saturated carbocycles. The Hall–Kier alpha value is -4.90. The molecule has 0 fully saturated rings. The fraction of sp³-hybridized carbons (Fsp3) is 0.154. The van der Waals surface area contributed by atoms with Gasteiger partial charge < -0.3 is 15.2 Å². The van der Waals surface area contributed by atoms with Gasteiger partial charge in [0.1, 0.15) is 23.4 Å². The molecule has 0 aromatic carbocycles. The smallest absolute Gasteiger partial charge is 0.238 e. The lowest BCUT2D eigenvalue weighted by molar-refractivity contribution is -0.116. The highest BCUT2D eigenvalue weighted by Crippen LogP contribution is 2.31. The van der Waals surface area contributed by atoms with Gasteiger partial charge in [0.05, 0.1) is 46.5 Å². The minimum absolute atomic E-state index is 0.108. The molecule has 0 atom stereocenters. The summed E-state index contributed by atoms with van der Waals surface area (Å²) in [5.74, 6) is 0.677. The zero-order chi connectivity index (χ0) is 25.5. The molecule has 6 heterocycles. The lowest BCUT2D eigenvalue weighted by atomic mass is 10.1. The predicted molar refractivity (Wildman–Crippen MR) is 141 cm³/mol. The van der Waals surface area contributed by atoms with Gasteiger partial charge >= 0.3 is 0 Å². The van der Waals surface area contributed by atoms with Crippen LogP contribution in [-0.2, 0) is 4.79 Å². The van der Waals surface area contributed by atoms with E-state index >= 15 is 0 Å². The van der Waals surface area contributed by atoms with E-state index in [1.807, 2.05) is 67.0 Å². The first kappa shape index (κ1) is 22.6. The average molecular weight is 493 g/mol. The summed E-state index contributed by atoms with van der Waals surface area (Å²) in [7, 11) is 3.69. The van der Waals surface area contributed by atoms with Crippen LogP contribution in [-0.4, -0.2) is 71.1 Å². The number of hydrogen-bond acceptors (Lipinski definition) is 7. The van der Waals surface area contributed by atoms with Crippen molar-refractivity contribution in [3.63, 3.8) is 0 Å². The first-order valence-corrected chi connectivity index (χ1v) is 11.7. The molecule has 0 saturated heterocycles. The van der Waals surface area contributed by atoms with E-state index in [2.05, 4.69) is 35.5 Å². The summed E-state index contributed by atoms with van der Waals surface area (Å²) in [6.45, 7) is 2.23. The van der Waals surface area contributed by atoms with Crippen molar-refractivity contribution in [2.75, 3.05) is 26.0 Å². The second-order valence-corrected chi connectivity index (χ2v) is 9.11. The Labute approximate surface area is 211 Å². The van der Waals surface area contributed by atoms with Gasteiger partial charge in [-0.05, 0) is 51.4 Å². The predicted octanol–water partition coefficient (Wildman–Crippen LogP) is 3.56. The maximum Gasteiger partial charge on any atom is 0.238 e. The van der Waals surface area contributed by atoms with Gasteiger partial charge in [0, 0.05) is 29.5 Å². The summed E-state index contributed by atoms with van der Waals surface area (Å²) in [5, 5.41) is 11.5. The maximum atomic E-state index is 12.2. The Bertz CT molecular complexity index is 1760. The van der Waals surface area contributed by atoms with Gasteiger partial charge in [-0.15, -0.1) is 0 Å². The molecule has 0 aliphatic rings. The SMILES string of the molecule is Cc1cn(-c2nccc3[nH]c(-c4n[nH]c5ccc(-c6cncc(NC(=O)CN(C)C)c6)nc45)cc23)cn1. The summed E-state index contributed by atoms with van der Waals surface area (Å²) in [6.07, 6.45) is 8.81. The highest BCUT2D eigenvalue weighted by molar-refractivity contribution is 5.96. The quantitative estimate of drug-likeness (QED) is 0.324. The van der Waals surface area contributed by atoms with Crippen LogP contribution in [0.1, 0.15) is 5.69 Å². The number of nitrogens with one attached hydrogen (secondary N) is 3. The third-order valence-corrected chi connectivity index (χ3v) is 5.92. The molecule has 0 spiro atoms. The maximum absolute atomic E-state index is 12.2. The highest BCUT2D eigenvalue weighted by Gasteiger charge is 2.16. The second kappa shape index (κ2) is 8.95. The van der Waals surface area contributed by atoms with E-state index in [1.165, 1.54) is 0 Å². The van der Waals surface area contributed by atoms with Gasteiger partial charge in [-0.25, -0.2) is 15.0 Å². The molecule has 0 unspecified atom stereocenters. The van der Waals surface area contributed by atoms with Crippen LogP contribution in [0.25, 0.3) is 50.4 Å². The summed E-state index contributed by atoms with van der Waals surface area (Å²) < 4.78 is 1.91. The van der Waals surface area contributed by atoms with Gasteiger partial charge in [-0.3, -0.25) is 19.4 Å². The number of carbonyl (C=O) groups excluding carboxylic acids is 1. The molecule has 0 aliphatic carbocycles. The zero-order valence-electron chi connectivity index (χ0n) is 20.5. The van der Waals surface area contributed by atoms with Gasteiger partial charge in [0.2, 0.25) is 5.91 Å². The van der Waals surface area contributed by atoms with Crippen LogP contribution in [0.15, 0.2) is 61.4 Å². The molecule has 6 aromatic rings. The molecule has 11 heteroatoms. The number of fused-ring (bicyclic) bond motifs is 2. The lowest BCUT2D eigenvalue weighted by Gasteiger charge is -2.10. The van der Waals surface area contributed by atoms with Gasteiger partial charge in [0.25, 0.3) is 0 Å². The number of pyridine rings is 3. The summed E-state index contributed by atoms with van der Waals surface area (Å²) in [4.78, 5) is 35.5. The number of aromatic amines is 2. The fourth-order valence-corrected chi connectivity index (χ4v) is 4.29. The zero-order valence-corrected chi connectivity index (χ0v) is 20.5. The average Bonchev–Trinajstić information content (AvgIpc) is 3.60. The van der Waals surface area contributed by atoms with E-state index in [-0.39, 0.29) is 12.5 Å². The van der Waals surface area contributed by atoms with Crippen molar-refractivity contribution in [1.29, 1.82) is 0 Å². The van der Waals surface area contributed by atoms with E-state index in [0.29, 0.717) is 11.4 Å². The molecule has 3 N–H and O–H groups in total. The third kappa shape index (κ3) is 4.32. The van der Waals surface area contributed by atoms with Crippen LogP contribution in [0, 0.1) is 6.92 Å². The van der Waals surface area contributed by atoms with Gasteiger partial charge in [0.15, 0.2) is 0 Å². The number of amides is 1. The van der Waals surface area contributed by atoms with E-state index in [9.17, 15) is 4.79 Å². The first-order chi connectivity index (χ1) is 17.9. The van der Waals surface area contributed by atoms with Crippen molar-refractivity contribution in [3.8, 4) is 28.5 Å². The topological polar surface area (TPSA) is 133 Å². The van der Waals surface area contributed by atoms with Gasteiger partial charge in [-0.1, -0.05) is 0 Å². The molecule has 37 heavy (non-hydrogen) atoms. The molecule has 184 valence electrons. The van der Waals surface area contributed by atoms with E-state index < -0.39 is 0 Å². The number of imidazole rings is 1. The Morgan fingerprint density at radius 1 is 1.11 bits per heavy atom. The van der Waals surface area contributed by atoms with Crippen molar-refractivity contribution in [1.82, 2.24) is 44.6 Å². The molecule has 0 aliphatic heterocycles. The van der Waals surface area contributed by atoms with Crippen LogP contribution in [0.4, 0.5) is 5.69 Å². The van der Waals surface area contributed by atoms with Crippen molar-refractivity contribution >= 4 is 33.5 Å². The van der Waals surface area contributed by atoms with Crippen LogP contribution >= 0.6 is 0 Å². The molecular formula is C26H24N10O. The monoisotopic (exact) mass is 492 g/mol. The Kier molecular flexibility index (Phi) is 5.46. The Balaban J connectivity index is 1.38. The first-order valence-electron chi connectivity index (χ1n) is 11.7. The molecule has 6 rings (SSSR count). The number of hydrogen-bond donors (Lipinski definition) is 3. The molecular weight excluding hydrogens is 468 g/mol. The number of carbonyl (C=O) groups is 1. The summed E-state index contributed by atoms with van der Waals surface area (Å²) in [6, 6.07) is 9.67. The number of likely N-dealkylation sites (N-methyl/N-ethyl adjacent to an activating group) is 1. The van der Waals surface area contributed by atoms with Crippen molar-refractivity contribution in [3.05, 3.63) is 67.1 Å². The molecule has 6 aromatic heterocycles. The van der Waals surface area contributed by atoms with Crippen LogP contribution < -0.4 is 5.32 Å². The van der Waals surface area contributed by atoms with Crippen LogP contribution in [0.2, 0.25) is 0 Å². The van der Waals surface area contributed by atoms with Crippen molar-refractivity contribution < 1.29 is 4.79 Å². The highest BCUT2D eigenvalue weighted by atomic mass is 16.2. The molecule has 0 bridgehead atoms. The second-order valence-electron chi connectivity index (χ2n) is 9.11. The summed E-state index contributed by atoms with van der Waals surface area (Å²) in [5.41, 5.74) is 7.02. The van der Waals surface area contributed by atoms with Crippen LogP contribution in [0.3, 0.4) is 0 Å². The number of rotatable bonds is 6. The minimum Gasteiger partial charge on any atom is -0.353 e. The Morgan fingerprint density at radius 2 is 2.00 bits per heavy atom. The standard InChI is InChI=1S/C26H24N10O/c1-15-12-36(14-29-15)26-18-9-22(31-20(18)6-7-28-26)25-24-21(33-34-25)5-4-19(32-24)16-8-17(11-27-10-16)30-23(37)13-35(2)3/h4-12,14,31H,13H2,1-3H3,(H,30,37)(H,33,34). The number of nitrogens with zero attached hydrogens (tertiary/aromatic N) is 7. The van der Waals surface area contributed by atoms with E-state index in [0.717, 1.165) is 50.4 Å². The lowest BCUT2D eigenvalue weighted by Crippen LogP contribution is -2.27.